The van der Waals surface area contributed by atoms with Gasteiger partial charge in [-0.15, -0.1) is 0 Å². The van der Waals surface area contributed by atoms with Crippen LogP contribution in [0.15, 0.2) is 6.20 Å². The summed E-state index contributed by atoms with van der Waals surface area (Å²) < 4.78 is 33.0. The van der Waals surface area contributed by atoms with E-state index in [0.29, 0.717) is 37.6 Å². The first-order chi connectivity index (χ1) is 16.2. The Morgan fingerprint density at radius 3 is 2.63 bits per heavy atom. The van der Waals surface area contributed by atoms with E-state index in [9.17, 15) is 9.50 Å². The third-order valence-electron chi connectivity index (χ3n) is 7.36. The highest BCUT2D eigenvalue weighted by Crippen LogP contribution is 2.48. The summed E-state index contributed by atoms with van der Waals surface area (Å²) in [5.41, 5.74) is -1.13. The standard InChI is InChI=1S/C24H36ClFN4O4Si/c1-22(2,3)35(5,6)34-15-24(7-8-24)14-33-21-28-18-16(11-27-19(25)17(18)26)20(29-21)30-9-10-32-13-23(4,31)12-30/h11,31H,7-10,12-15H2,1-6H3. The molecule has 0 aromatic carbocycles. The summed E-state index contributed by atoms with van der Waals surface area (Å²) in [7, 11) is -1.88. The van der Waals surface area contributed by atoms with Gasteiger partial charge in [-0.1, -0.05) is 32.4 Å². The zero-order valence-corrected chi connectivity index (χ0v) is 23.2. The lowest BCUT2D eigenvalue weighted by atomic mass is 10.1. The van der Waals surface area contributed by atoms with Gasteiger partial charge in [0, 0.05) is 24.8 Å². The van der Waals surface area contributed by atoms with Gasteiger partial charge in [0.25, 0.3) is 0 Å². The Hall–Kier alpha value is -1.59. The number of aliphatic hydroxyl groups is 1. The molecular weight excluding hydrogens is 491 g/mol. The van der Waals surface area contributed by atoms with Crippen molar-refractivity contribution >= 4 is 36.6 Å². The number of halogens is 2. The van der Waals surface area contributed by atoms with Gasteiger partial charge in [-0.05, 0) is 37.9 Å². The highest BCUT2D eigenvalue weighted by molar-refractivity contribution is 6.74. The van der Waals surface area contributed by atoms with Gasteiger partial charge < -0.3 is 23.9 Å². The molecule has 2 fully saturated rings. The highest BCUT2D eigenvalue weighted by atomic mass is 35.5. The van der Waals surface area contributed by atoms with Crippen LogP contribution in [-0.2, 0) is 9.16 Å². The molecule has 2 aliphatic rings. The van der Waals surface area contributed by atoms with Crippen LogP contribution in [0.1, 0.15) is 40.5 Å². The molecule has 1 saturated heterocycles. The molecule has 1 aliphatic carbocycles. The molecule has 2 aromatic heterocycles. The zero-order chi connectivity index (χ0) is 25.6. The maximum Gasteiger partial charge on any atom is 0.319 e. The summed E-state index contributed by atoms with van der Waals surface area (Å²) in [4.78, 5) is 14.8. The molecule has 0 radical (unpaired) electrons. The molecule has 0 spiro atoms. The van der Waals surface area contributed by atoms with Crippen LogP contribution in [0.4, 0.5) is 10.2 Å². The molecule has 1 atom stereocenters. The van der Waals surface area contributed by atoms with E-state index in [0.717, 1.165) is 12.8 Å². The van der Waals surface area contributed by atoms with Crippen molar-refractivity contribution < 1.29 is 23.4 Å². The van der Waals surface area contributed by atoms with Crippen molar-refractivity contribution in [3.63, 3.8) is 0 Å². The van der Waals surface area contributed by atoms with Crippen molar-refractivity contribution in [1.82, 2.24) is 15.0 Å². The van der Waals surface area contributed by atoms with Crippen molar-refractivity contribution in [3.05, 3.63) is 17.2 Å². The molecule has 0 bridgehead atoms. The Kier molecular flexibility index (Phi) is 7.09. The van der Waals surface area contributed by atoms with Gasteiger partial charge in [-0.25, -0.2) is 9.37 Å². The fourth-order valence-electron chi connectivity index (χ4n) is 3.76. The summed E-state index contributed by atoms with van der Waals surface area (Å²) in [6.07, 6.45) is 3.45. The van der Waals surface area contributed by atoms with Gasteiger partial charge in [0.05, 0.1) is 31.8 Å². The fourth-order valence-corrected chi connectivity index (χ4v) is 5.00. The molecule has 11 heteroatoms. The van der Waals surface area contributed by atoms with E-state index in [2.05, 4.69) is 48.8 Å². The van der Waals surface area contributed by atoms with Crippen molar-refractivity contribution in [1.29, 1.82) is 0 Å². The van der Waals surface area contributed by atoms with Gasteiger partial charge in [-0.2, -0.15) is 9.97 Å². The Bertz CT molecular complexity index is 1090. The number of hydrogen-bond acceptors (Lipinski definition) is 8. The van der Waals surface area contributed by atoms with Gasteiger partial charge >= 0.3 is 6.01 Å². The Balaban J connectivity index is 1.59. The second-order valence-corrected chi connectivity index (χ2v) is 16.9. The smallest absolute Gasteiger partial charge is 0.319 e. The third-order valence-corrected chi connectivity index (χ3v) is 12.1. The first kappa shape index (κ1) is 26.5. The lowest BCUT2D eigenvalue weighted by molar-refractivity contribution is -0.0123. The number of nitrogens with zero attached hydrogens (tertiary/aromatic N) is 4. The molecule has 1 N–H and O–H groups in total. The average Bonchev–Trinajstić information content (AvgIpc) is 3.57. The van der Waals surface area contributed by atoms with E-state index in [1.807, 2.05) is 4.90 Å². The van der Waals surface area contributed by atoms with Crippen LogP contribution >= 0.6 is 11.6 Å². The number of hydrogen-bond donors (Lipinski definition) is 1. The van der Waals surface area contributed by atoms with Crippen LogP contribution in [0.5, 0.6) is 6.01 Å². The summed E-state index contributed by atoms with van der Waals surface area (Å²) in [6, 6.07) is 0.0667. The molecule has 2 aromatic rings. The first-order valence-corrected chi connectivity index (χ1v) is 15.3. The monoisotopic (exact) mass is 526 g/mol. The van der Waals surface area contributed by atoms with E-state index in [-0.39, 0.29) is 40.3 Å². The maximum atomic E-state index is 15.0. The zero-order valence-electron chi connectivity index (χ0n) is 21.5. The number of fused-ring (bicyclic) bond motifs is 1. The fraction of sp³-hybridized carbons (Fsp3) is 0.708. The second kappa shape index (κ2) is 9.37. The molecular formula is C24H36ClFN4O4Si. The maximum absolute atomic E-state index is 15.0. The van der Waals surface area contributed by atoms with E-state index >= 15 is 0 Å². The van der Waals surface area contributed by atoms with E-state index in [4.69, 9.17) is 25.5 Å². The normalized spacial score (nSPS) is 22.8. The molecule has 4 rings (SSSR count). The SMILES string of the molecule is CC1(O)COCCN(c2nc(OCC3(CO[Si](C)(C)C(C)(C)C)CC3)nc3c(F)c(Cl)ncc23)C1. The number of anilines is 1. The summed E-state index contributed by atoms with van der Waals surface area (Å²) in [5, 5.41) is 10.9. The van der Waals surface area contributed by atoms with Gasteiger partial charge in [0.1, 0.15) is 16.9 Å². The van der Waals surface area contributed by atoms with Crippen molar-refractivity contribution in [3.8, 4) is 6.01 Å². The largest absolute Gasteiger partial charge is 0.463 e. The van der Waals surface area contributed by atoms with Crippen molar-refractivity contribution in [2.45, 2.75) is 64.3 Å². The number of ether oxygens (including phenoxy) is 2. The minimum Gasteiger partial charge on any atom is -0.463 e. The van der Waals surface area contributed by atoms with Crippen LogP contribution in [0.3, 0.4) is 0 Å². The van der Waals surface area contributed by atoms with Crippen LogP contribution in [0, 0.1) is 11.2 Å². The molecule has 1 saturated carbocycles. The van der Waals surface area contributed by atoms with Crippen LogP contribution < -0.4 is 9.64 Å². The molecule has 8 nitrogen and oxygen atoms in total. The predicted molar refractivity (Wildman–Crippen MR) is 136 cm³/mol. The number of rotatable bonds is 7. The second-order valence-electron chi connectivity index (χ2n) is 11.8. The van der Waals surface area contributed by atoms with Crippen LogP contribution in [-0.4, -0.2) is 73.5 Å². The molecule has 35 heavy (non-hydrogen) atoms. The Morgan fingerprint density at radius 1 is 1.26 bits per heavy atom. The molecule has 0 amide bonds. The minimum absolute atomic E-state index is 0.0391. The molecule has 3 heterocycles. The summed E-state index contributed by atoms with van der Waals surface area (Å²) in [6.45, 7) is 15.2. The van der Waals surface area contributed by atoms with Gasteiger partial charge in [0.2, 0.25) is 0 Å². The summed E-state index contributed by atoms with van der Waals surface area (Å²) in [5.74, 6) is -0.292. The minimum atomic E-state index is -1.88. The number of β-amino-alcohol motifs (C(OH)–C–C–N with tert-alkyl or cyclic N) is 1. The number of aromatic nitrogens is 3. The van der Waals surface area contributed by atoms with Crippen LogP contribution in [0.25, 0.3) is 10.9 Å². The lowest BCUT2D eigenvalue weighted by Crippen LogP contribution is -2.42. The average molecular weight is 527 g/mol. The van der Waals surface area contributed by atoms with Gasteiger partial charge in [0.15, 0.2) is 19.3 Å². The topological polar surface area (TPSA) is 89.8 Å². The van der Waals surface area contributed by atoms with E-state index in [1.54, 1.807) is 6.92 Å². The summed E-state index contributed by atoms with van der Waals surface area (Å²) >= 11 is 5.96. The predicted octanol–water partition coefficient (Wildman–Crippen LogP) is 4.59. The lowest BCUT2D eigenvalue weighted by Gasteiger charge is -2.37. The first-order valence-electron chi connectivity index (χ1n) is 12.1. The molecule has 1 unspecified atom stereocenters. The molecule has 1 aliphatic heterocycles. The van der Waals surface area contributed by atoms with E-state index in [1.165, 1.54) is 6.20 Å². The van der Waals surface area contributed by atoms with E-state index < -0.39 is 19.7 Å². The quantitative estimate of drug-likeness (QED) is 0.414. The van der Waals surface area contributed by atoms with Crippen LogP contribution in [0.2, 0.25) is 23.3 Å². The van der Waals surface area contributed by atoms with Crippen molar-refractivity contribution in [2.24, 2.45) is 5.41 Å². The third kappa shape index (κ3) is 5.88. The Labute approximate surface area is 212 Å². The molecule has 194 valence electrons. The number of pyridine rings is 1. The highest BCUT2D eigenvalue weighted by Gasteiger charge is 2.47. The van der Waals surface area contributed by atoms with Gasteiger partial charge in [-0.3, -0.25) is 0 Å². The van der Waals surface area contributed by atoms with Crippen molar-refractivity contribution in [2.75, 3.05) is 44.4 Å². The Morgan fingerprint density at radius 2 is 1.97 bits per heavy atom.